The van der Waals surface area contributed by atoms with Crippen molar-refractivity contribution in [2.75, 3.05) is 0 Å². The normalized spacial score (nSPS) is 17.9. The van der Waals surface area contributed by atoms with E-state index in [0.29, 0.717) is 5.75 Å². The van der Waals surface area contributed by atoms with Gasteiger partial charge in [-0.1, -0.05) is 12.1 Å². The number of phosphoric ester groups is 1. The molecule has 1 aromatic rings. The summed E-state index contributed by atoms with van der Waals surface area (Å²) in [7, 11) is -4.35. The van der Waals surface area contributed by atoms with Gasteiger partial charge in [0, 0.05) is 0 Å². The molecular formula is C8H9O5P. The minimum atomic E-state index is -4.35. The van der Waals surface area contributed by atoms with Gasteiger partial charge in [-0.3, -0.25) is 4.89 Å². The Hall–Kier alpha value is -0.870. The Morgan fingerprint density at radius 3 is 2.71 bits per heavy atom. The van der Waals surface area contributed by atoms with Crippen LogP contribution in [0.4, 0.5) is 0 Å². The van der Waals surface area contributed by atoms with Gasteiger partial charge in [0.05, 0.1) is 0 Å². The van der Waals surface area contributed by atoms with Crippen LogP contribution >= 0.6 is 7.82 Å². The van der Waals surface area contributed by atoms with Crippen molar-refractivity contribution in [2.24, 2.45) is 0 Å². The lowest BCUT2D eigenvalue weighted by Crippen LogP contribution is -2.10. The Bertz CT molecular complexity index is 403. The summed E-state index contributed by atoms with van der Waals surface area (Å²) in [5.74, 6) is 0.300. The van der Waals surface area contributed by atoms with Gasteiger partial charge in [0.2, 0.25) is 0 Å². The second-order valence-corrected chi connectivity index (χ2v) is 4.32. The molecule has 0 saturated heterocycles. The average molecular weight is 216 g/mol. The standard InChI is InChI=1S/C8H9O5P/c9-13-14(10,11)12-8-3-1-2-6-4-5-7(6)8/h1-3,9H,4-5H2,(H,10,11). The van der Waals surface area contributed by atoms with Crippen LogP contribution in [-0.2, 0) is 22.1 Å². The molecule has 6 heteroatoms. The molecule has 0 radical (unpaired) electrons. The van der Waals surface area contributed by atoms with E-state index in [0.717, 1.165) is 24.0 Å². The molecule has 1 aliphatic carbocycles. The van der Waals surface area contributed by atoms with Crippen molar-refractivity contribution in [1.82, 2.24) is 0 Å². The van der Waals surface area contributed by atoms with E-state index in [-0.39, 0.29) is 0 Å². The molecule has 0 spiro atoms. The Labute approximate surface area is 80.4 Å². The van der Waals surface area contributed by atoms with E-state index in [1.54, 1.807) is 12.1 Å². The smallest absolute Gasteiger partial charge is 0.402 e. The fourth-order valence-corrected chi connectivity index (χ4v) is 1.89. The van der Waals surface area contributed by atoms with E-state index in [9.17, 15) is 4.57 Å². The van der Waals surface area contributed by atoms with Crippen LogP contribution in [0.5, 0.6) is 5.75 Å². The monoisotopic (exact) mass is 216 g/mol. The minimum Gasteiger partial charge on any atom is -0.402 e. The zero-order chi connectivity index (χ0) is 10.2. The zero-order valence-corrected chi connectivity index (χ0v) is 8.11. The van der Waals surface area contributed by atoms with Crippen LogP contribution in [0.1, 0.15) is 11.1 Å². The summed E-state index contributed by atoms with van der Waals surface area (Å²) in [6, 6.07) is 5.22. The first kappa shape index (κ1) is 9.68. The van der Waals surface area contributed by atoms with Gasteiger partial charge in [-0.05, 0) is 30.0 Å². The second-order valence-electron chi connectivity index (χ2n) is 3.04. The maximum absolute atomic E-state index is 10.9. The third kappa shape index (κ3) is 1.67. The van der Waals surface area contributed by atoms with Gasteiger partial charge in [-0.15, -0.1) is 4.67 Å². The lowest BCUT2D eigenvalue weighted by molar-refractivity contribution is -0.156. The van der Waals surface area contributed by atoms with Crippen molar-refractivity contribution in [3.05, 3.63) is 29.3 Å². The molecule has 5 nitrogen and oxygen atoms in total. The van der Waals surface area contributed by atoms with Crippen LogP contribution in [-0.4, -0.2) is 10.2 Å². The van der Waals surface area contributed by atoms with Crippen LogP contribution in [0.15, 0.2) is 18.2 Å². The van der Waals surface area contributed by atoms with Crippen molar-refractivity contribution in [3.63, 3.8) is 0 Å². The molecular weight excluding hydrogens is 207 g/mol. The van der Waals surface area contributed by atoms with Gasteiger partial charge in [0.25, 0.3) is 0 Å². The predicted octanol–water partition coefficient (Wildman–Crippen LogP) is 1.75. The minimum absolute atomic E-state index is 0.300. The second kappa shape index (κ2) is 3.37. The van der Waals surface area contributed by atoms with Crippen molar-refractivity contribution in [3.8, 4) is 5.75 Å². The molecule has 1 unspecified atom stereocenters. The van der Waals surface area contributed by atoms with Crippen molar-refractivity contribution in [1.29, 1.82) is 0 Å². The molecule has 0 amide bonds. The fourth-order valence-electron chi connectivity index (χ4n) is 1.44. The van der Waals surface area contributed by atoms with E-state index in [1.807, 2.05) is 6.07 Å². The number of hydrogen-bond donors (Lipinski definition) is 2. The Kier molecular flexibility index (Phi) is 2.33. The topological polar surface area (TPSA) is 76.0 Å². The fraction of sp³-hybridized carbons (Fsp3) is 0.250. The van der Waals surface area contributed by atoms with E-state index < -0.39 is 7.82 Å². The van der Waals surface area contributed by atoms with E-state index in [1.165, 1.54) is 0 Å². The summed E-state index contributed by atoms with van der Waals surface area (Å²) >= 11 is 0. The quantitative estimate of drug-likeness (QED) is 0.457. The van der Waals surface area contributed by atoms with E-state index in [4.69, 9.17) is 10.2 Å². The molecule has 1 aliphatic rings. The van der Waals surface area contributed by atoms with Crippen LogP contribution in [0.2, 0.25) is 0 Å². The molecule has 0 bridgehead atoms. The van der Waals surface area contributed by atoms with Gasteiger partial charge >= 0.3 is 7.82 Å². The highest BCUT2D eigenvalue weighted by Gasteiger charge is 2.27. The number of aryl methyl sites for hydroxylation is 1. The summed E-state index contributed by atoms with van der Waals surface area (Å²) in [5, 5.41) is 8.10. The van der Waals surface area contributed by atoms with E-state index >= 15 is 0 Å². The van der Waals surface area contributed by atoms with E-state index in [2.05, 4.69) is 9.20 Å². The molecule has 2 N–H and O–H groups in total. The van der Waals surface area contributed by atoms with Gasteiger partial charge in [0.1, 0.15) is 5.75 Å². The first-order valence-corrected chi connectivity index (χ1v) is 5.58. The van der Waals surface area contributed by atoms with Gasteiger partial charge < -0.3 is 4.52 Å². The highest BCUT2D eigenvalue weighted by atomic mass is 31.2. The summed E-state index contributed by atoms with van der Waals surface area (Å²) in [6.45, 7) is 0. The molecule has 0 fully saturated rings. The molecule has 0 saturated carbocycles. The van der Waals surface area contributed by atoms with Crippen LogP contribution in [0, 0.1) is 0 Å². The maximum atomic E-state index is 10.9. The predicted molar refractivity (Wildman–Crippen MR) is 48.0 cm³/mol. The zero-order valence-electron chi connectivity index (χ0n) is 7.21. The van der Waals surface area contributed by atoms with Gasteiger partial charge in [-0.25, -0.2) is 9.82 Å². The summed E-state index contributed by atoms with van der Waals surface area (Å²) in [6.07, 6.45) is 1.76. The highest BCUT2D eigenvalue weighted by molar-refractivity contribution is 7.47. The summed E-state index contributed by atoms with van der Waals surface area (Å²) in [4.78, 5) is 8.88. The number of benzene rings is 1. The maximum Gasteiger partial charge on any atom is 0.555 e. The Morgan fingerprint density at radius 1 is 1.36 bits per heavy atom. The largest absolute Gasteiger partial charge is 0.555 e. The average Bonchev–Trinajstić information content (AvgIpc) is 2.08. The third-order valence-electron chi connectivity index (χ3n) is 2.19. The molecule has 0 heterocycles. The number of rotatable bonds is 3. The highest BCUT2D eigenvalue weighted by Crippen LogP contribution is 2.45. The lowest BCUT2D eigenvalue weighted by Gasteiger charge is -2.22. The van der Waals surface area contributed by atoms with Crippen LogP contribution in [0.25, 0.3) is 0 Å². The molecule has 2 rings (SSSR count). The Morgan fingerprint density at radius 2 is 2.14 bits per heavy atom. The SMILES string of the molecule is O=P(O)(OO)Oc1cccc2c1CC2. The lowest BCUT2D eigenvalue weighted by atomic mass is 9.88. The van der Waals surface area contributed by atoms with Crippen molar-refractivity contribution >= 4 is 7.82 Å². The number of hydrogen-bond acceptors (Lipinski definition) is 4. The number of phosphoric acid groups is 1. The molecule has 1 aromatic carbocycles. The molecule has 0 aromatic heterocycles. The molecule has 1 atom stereocenters. The first-order valence-electron chi connectivity index (χ1n) is 4.09. The third-order valence-corrected chi connectivity index (χ3v) is 2.83. The van der Waals surface area contributed by atoms with Crippen LogP contribution < -0.4 is 4.52 Å². The molecule has 14 heavy (non-hydrogen) atoms. The first-order chi connectivity index (χ1) is 6.62. The van der Waals surface area contributed by atoms with Gasteiger partial charge in [-0.2, -0.15) is 0 Å². The van der Waals surface area contributed by atoms with Crippen LogP contribution in [0.3, 0.4) is 0 Å². The summed E-state index contributed by atoms with van der Waals surface area (Å²) in [5.41, 5.74) is 2.00. The number of fused-ring (bicyclic) bond motifs is 1. The molecule has 0 aliphatic heterocycles. The Balaban J connectivity index is 2.26. The molecule has 76 valence electrons. The summed E-state index contributed by atoms with van der Waals surface area (Å²) < 4.78 is 18.9. The van der Waals surface area contributed by atoms with Gasteiger partial charge in [0.15, 0.2) is 0 Å². The van der Waals surface area contributed by atoms with Crippen molar-refractivity contribution in [2.45, 2.75) is 12.8 Å². The van der Waals surface area contributed by atoms with Crippen molar-refractivity contribution < 1.29 is 23.9 Å².